The second-order valence-electron chi connectivity index (χ2n) is 5.74. The molecular formula is C19H18N4O4. The van der Waals surface area contributed by atoms with E-state index < -0.39 is 6.09 Å². The number of rotatable bonds is 6. The van der Waals surface area contributed by atoms with Crippen LogP contribution in [0.4, 0.5) is 10.5 Å². The number of pyridine rings is 1. The van der Waals surface area contributed by atoms with Crippen molar-refractivity contribution in [3.63, 3.8) is 0 Å². The molecule has 0 aliphatic rings. The molecule has 2 aromatic heterocycles. The smallest absolute Gasteiger partial charge is 0.412 e. The number of aryl methyl sites for hydroxylation is 1. The number of nitrogens with one attached hydrogen (secondary N) is 2. The third-order valence-electron chi connectivity index (χ3n) is 3.66. The predicted octanol–water partition coefficient (Wildman–Crippen LogP) is 3.06. The van der Waals surface area contributed by atoms with Crippen molar-refractivity contribution in [1.82, 2.24) is 15.3 Å². The highest BCUT2D eigenvalue weighted by Gasteiger charge is 2.07. The summed E-state index contributed by atoms with van der Waals surface area (Å²) in [7, 11) is 0. The van der Waals surface area contributed by atoms with Crippen molar-refractivity contribution in [2.24, 2.45) is 0 Å². The van der Waals surface area contributed by atoms with Crippen molar-refractivity contribution >= 4 is 17.7 Å². The van der Waals surface area contributed by atoms with Crippen molar-refractivity contribution in [3.05, 3.63) is 77.8 Å². The van der Waals surface area contributed by atoms with Gasteiger partial charge in [-0.3, -0.25) is 15.1 Å². The number of hydrogen-bond donors (Lipinski definition) is 2. The molecule has 2 amide bonds. The van der Waals surface area contributed by atoms with E-state index in [4.69, 9.17) is 9.15 Å². The van der Waals surface area contributed by atoms with Crippen molar-refractivity contribution < 1.29 is 18.7 Å². The fraction of sp³-hybridized carbons (Fsp3) is 0.158. The number of oxazole rings is 1. The summed E-state index contributed by atoms with van der Waals surface area (Å²) in [5.41, 5.74) is 2.83. The van der Waals surface area contributed by atoms with Gasteiger partial charge in [-0.25, -0.2) is 9.78 Å². The van der Waals surface area contributed by atoms with Gasteiger partial charge in [0.05, 0.1) is 11.8 Å². The van der Waals surface area contributed by atoms with E-state index in [1.807, 2.05) is 6.92 Å². The number of benzene rings is 1. The molecule has 2 heterocycles. The maximum atomic E-state index is 12.1. The van der Waals surface area contributed by atoms with Gasteiger partial charge in [-0.05, 0) is 36.8 Å². The summed E-state index contributed by atoms with van der Waals surface area (Å²) in [5.74, 6) is 0.265. The Kier molecular flexibility index (Phi) is 5.78. The maximum absolute atomic E-state index is 12.1. The van der Waals surface area contributed by atoms with Gasteiger partial charge in [0, 0.05) is 24.1 Å². The molecule has 27 heavy (non-hydrogen) atoms. The van der Waals surface area contributed by atoms with E-state index >= 15 is 0 Å². The lowest BCUT2D eigenvalue weighted by atomic mass is 10.2. The van der Waals surface area contributed by atoms with Gasteiger partial charge in [-0.1, -0.05) is 12.1 Å². The van der Waals surface area contributed by atoms with E-state index in [0.29, 0.717) is 23.6 Å². The topological polar surface area (TPSA) is 106 Å². The Morgan fingerprint density at radius 3 is 2.59 bits per heavy atom. The fourth-order valence-corrected chi connectivity index (χ4v) is 2.20. The van der Waals surface area contributed by atoms with Crippen LogP contribution in [0.15, 0.2) is 59.6 Å². The van der Waals surface area contributed by atoms with E-state index in [1.165, 1.54) is 12.6 Å². The van der Waals surface area contributed by atoms with E-state index in [-0.39, 0.29) is 12.5 Å². The van der Waals surface area contributed by atoms with E-state index in [2.05, 4.69) is 20.6 Å². The van der Waals surface area contributed by atoms with Crippen LogP contribution >= 0.6 is 0 Å². The number of anilines is 1. The Hall–Kier alpha value is -3.68. The molecule has 8 heteroatoms. The average Bonchev–Trinajstić information content (AvgIpc) is 3.20. The zero-order chi connectivity index (χ0) is 19.1. The quantitative estimate of drug-likeness (QED) is 0.694. The van der Waals surface area contributed by atoms with E-state index in [1.54, 1.807) is 42.6 Å². The molecule has 3 rings (SSSR count). The molecule has 1 aromatic carbocycles. The van der Waals surface area contributed by atoms with Gasteiger partial charge in [-0.2, -0.15) is 0 Å². The number of amides is 2. The van der Waals surface area contributed by atoms with Crippen molar-refractivity contribution in [1.29, 1.82) is 0 Å². The first kappa shape index (κ1) is 18.1. The molecule has 0 saturated carbocycles. The number of carbonyl (C=O) groups is 2. The average molecular weight is 366 g/mol. The van der Waals surface area contributed by atoms with Gasteiger partial charge in [0.2, 0.25) is 0 Å². The zero-order valence-corrected chi connectivity index (χ0v) is 14.6. The summed E-state index contributed by atoms with van der Waals surface area (Å²) < 4.78 is 9.99. The minimum atomic E-state index is -0.598. The lowest BCUT2D eigenvalue weighted by Crippen LogP contribution is -2.23. The monoisotopic (exact) mass is 366 g/mol. The molecule has 138 valence electrons. The number of nitrogens with zero attached hydrogens (tertiary/aromatic N) is 2. The van der Waals surface area contributed by atoms with Crippen LogP contribution in [0.1, 0.15) is 27.4 Å². The predicted molar refractivity (Wildman–Crippen MR) is 96.9 cm³/mol. The van der Waals surface area contributed by atoms with Crippen LogP contribution < -0.4 is 10.6 Å². The summed E-state index contributed by atoms with van der Waals surface area (Å²) in [5, 5.41) is 5.43. The normalized spacial score (nSPS) is 10.3. The van der Waals surface area contributed by atoms with E-state index in [0.717, 1.165) is 11.3 Å². The molecule has 0 unspecified atom stereocenters. The van der Waals surface area contributed by atoms with Gasteiger partial charge >= 0.3 is 6.09 Å². The van der Waals surface area contributed by atoms with E-state index in [9.17, 15) is 9.59 Å². The second kappa shape index (κ2) is 8.61. The van der Waals surface area contributed by atoms with Gasteiger partial charge < -0.3 is 14.5 Å². The lowest BCUT2D eigenvalue weighted by Gasteiger charge is -2.08. The van der Waals surface area contributed by atoms with Gasteiger partial charge in [0.15, 0.2) is 18.8 Å². The number of hydrogen-bond acceptors (Lipinski definition) is 6. The molecule has 0 spiro atoms. The molecule has 0 saturated heterocycles. The molecule has 0 atom stereocenters. The highest BCUT2D eigenvalue weighted by atomic mass is 16.6. The third-order valence-corrected chi connectivity index (χ3v) is 3.66. The Balaban J connectivity index is 1.46. The van der Waals surface area contributed by atoms with Crippen LogP contribution in [-0.4, -0.2) is 22.0 Å². The van der Waals surface area contributed by atoms with Crippen LogP contribution in [0.5, 0.6) is 0 Å². The number of ether oxygens (including phenoxy) is 1. The van der Waals surface area contributed by atoms with Gasteiger partial charge in [0.25, 0.3) is 5.91 Å². The highest BCUT2D eigenvalue weighted by Crippen LogP contribution is 2.11. The SMILES string of the molecule is Cc1ccc(C(=O)NCc2ccc(NC(=O)OCc3cnco3)cc2)cn1. The summed E-state index contributed by atoms with van der Waals surface area (Å²) in [4.78, 5) is 31.6. The van der Waals surface area contributed by atoms with Gasteiger partial charge in [0.1, 0.15) is 0 Å². The molecular weight excluding hydrogens is 348 g/mol. The van der Waals surface area contributed by atoms with Crippen LogP contribution in [0.3, 0.4) is 0 Å². The molecule has 0 fully saturated rings. The van der Waals surface area contributed by atoms with Crippen LogP contribution in [0.25, 0.3) is 0 Å². The first-order chi connectivity index (χ1) is 13.1. The molecule has 0 bridgehead atoms. The van der Waals surface area contributed by atoms with Crippen molar-refractivity contribution in [3.8, 4) is 0 Å². The van der Waals surface area contributed by atoms with Crippen LogP contribution in [-0.2, 0) is 17.9 Å². The maximum Gasteiger partial charge on any atom is 0.412 e. The zero-order valence-electron chi connectivity index (χ0n) is 14.6. The summed E-state index contributed by atoms with van der Waals surface area (Å²) >= 11 is 0. The molecule has 0 aliphatic heterocycles. The summed E-state index contributed by atoms with van der Waals surface area (Å²) in [6.45, 7) is 2.23. The molecule has 0 aliphatic carbocycles. The standard InChI is InChI=1S/C19H18N4O4/c1-13-2-5-15(9-21-13)18(24)22-8-14-3-6-16(7-4-14)23-19(25)26-11-17-10-20-12-27-17/h2-7,9-10,12H,8,11H2,1H3,(H,22,24)(H,23,25). The molecule has 8 nitrogen and oxygen atoms in total. The Morgan fingerprint density at radius 2 is 1.93 bits per heavy atom. The molecule has 0 radical (unpaired) electrons. The Bertz CT molecular complexity index is 890. The first-order valence-corrected chi connectivity index (χ1v) is 8.21. The Labute approximate surface area is 155 Å². The molecule has 3 aromatic rings. The van der Waals surface area contributed by atoms with Crippen LogP contribution in [0.2, 0.25) is 0 Å². The Morgan fingerprint density at radius 1 is 1.11 bits per heavy atom. The van der Waals surface area contributed by atoms with Crippen molar-refractivity contribution in [2.45, 2.75) is 20.1 Å². The summed E-state index contributed by atoms with van der Waals surface area (Å²) in [6.07, 6.45) is 3.69. The second-order valence-corrected chi connectivity index (χ2v) is 5.74. The minimum Gasteiger partial charge on any atom is -0.445 e. The largest absolute Gasteiger partial charge is 0.445 e. The fourth-order valence-electron chi connectivity index (χ4n) is 2.20. The highest BCUT2D eigenvalue weighted by molar-refractivity contribution is 5.93. The molecule has 2 N–H and O–H groups in total. The van der Waals surface area contributed by atoms with Gasteiger partial charge in [-0.15, -0.1) is 0 Å². The summed E-state index contributed by atoms with van der Waals surface area (Å²) in [6, 6.07) is 10.6. The third kappa shape index (κ3) is 5.40. The number of carbonyl (C=O) groups excluding carboxylic acids is 2. The minimum absolute atomic E-state index is 0.00379. The first-order valence-electron chi connectivity index (χ1n) is 8.21. The number of aromatic nitrogens is 2. The van der Waals surface area contributed by atoms with Crippen molar-refractivity contribution in [2.75, 3.05) is 5.32 Å². The lowest BCUT2D eigenvalue weighted by molar-refractivity contribution is 0.0950. The van der Waals surface area contributed by atoms with Crippen LogP contribution in [0, 0.1) is 6.92 Å².